The summed E-state index contributed by atoms with van der Waals surface area (Å²) in [6.45, 7) is 4.77. The smallest absolute Gasteiger partial charge is 0.319 e. The number of carbonyl (C=O) groups excluding carboxylic acids is 1. The topological polar surface area (TPSA) is 72.6 Å². The summed E-state index contributed by atoms with van der Waals surface area (Å²) >= 11 is 0. The third kappa shape index (κ3) is 4.25. The zero-order valence-corrected chi connectivity index (χ0v) is 16.1. The molecule has 1 aliphatic carbocycles. The SMILES string of the molecule is COCC[NH+]1CCn2c(nc3cc(NC(=O)NC4CCCCC4)ccc32)C1. The third-order valence-electron chi connectivity index (χ3n) is 5.78. The van der Waals surface area contributed by atoms with Gasteiger partial charge in [-0.2, -0.15) is 0 Å². The Kier molecular flexibility index (Phi) is 5.59. The molecular weight excluding hydrogens is 342 g/mol. The number of urea groups is 1. The number of benzene rings is 1. The van der Waals surface area contributed by atoms with E-state index in [0.29, 0.717) is 6.04 Å². The predicted molar refractivity (Wildman–Crippen MR) is 105 cm³/mol. The molecule has 7 heteroatoms. The maximum atomic E-state index is 12.3. The van der Waals surface area contributed by atoms with E-state index in [1.807, 2.05) is 12.1 Å². The van der Waals surface area contributed by atoms with E-state index < -0.39 is 0 Å². The Morgan fingerprint density at radius 1 is 1.33 bits per heavy atom. The van der Waals surface area contributed by atoms with Crippen LogP contribution in [0.4, 0.5) is 10.5 Å². The van der Waals surface area contributed by atoms with E-state index in [4.69, 9.17) is 9.72 Å². The Hall–Kier alpha value is -2.12. The maximum absolute atomic E-state index is 12.3. The van der Waals surface area contributed by atoms with Crippen molar-refractivity contribution in [1.82, 2.24) is 14.9 Å². The molecule has 146 valence electrons. The van der Waals surface area contributed by atoms with Crippen molar-refractivity contribution in [1.29, 1.82) is 0 Å². The molecule has 1 fully saturated rings. The molecule has 0 bridgehead atoms. The van der Waals surface area contributed by atoms with Gasteiger partial charge in [-0.3, -0.25) is 0 Å². The lowest BCUT2D eigenvalue weighted by atomic mass is 9.96. The lowest BCUT2D eigenvalue weighted by Gasteiger charge is -2.24. The van der Waals surface area contributed by atoms with E-state index in [2.05, 4.69) is 21.3 Å². The van der Waals surface area contributed by atoms with Gasteiger partial charge in [0.2, 0.25) is 0 Å². The minimum atomic E-state index is -0.111. The van der Waals surface area contributed by atoms with Crippen LogP contribution in [0.5, 0.6) is 0 Å². The summed E-state index contributed by atoms with van der Waals surface area (Å²) in [5.41, 5.74) is 2.90. The number of carbonyl (C=O) groups is 1. The highest BCUT2D eigenvalue weighted by Gasteiger charge is 2.23. The van der Waals surface area contributed by atoms with Gasteiger partial charge in [0.05, 0.1) is 30.7 Å². The largest absolute Gasteiger partial charge is 0.379 e. The van der Waals surface area contributed by atoms with Gasteiger partial charge < -0.3 is 24.8 Å². The van der Waals surface area contributed by atoms with Crippen molar-refractivity contribution in [3.8, 4) is 0 Å². The van der Waals surface area contributed by atoms with Crippen molar-refractivity contribution in [3.63, 3.8) is 0 Å². The number of methoxy groups -OCH3 is 1. The molecule has 1 aromatic heterocycles. The first kappa shape index (κ1) is 18.3. The highest BCUT2D eigenvalue weighted by Crippen LogP contribution is 2.22. The second-order valence-electron chi connectivity index (χ2n) is 7.74. The summed E-state index contributed by atoms with van der Waals surface area (Å²) in [6.07, 6.45) is 5.87. The average Bonchev–Trinajstić information content (AvgIpc) is 3.03. The molecular formula is C20H30N5O2+. The van der Waals surface area contributed by atoms with Crippen molar-refractivity contribution in [2.75, 3.05) is 32.1 Å². The zero-order valence-electron chi connectivity index (χ0n) is 16.1. The third-order valence-corrected chi connectivity index (χ3v) is 5.78. The van der Waals surface area contributed by atoms with E-state index >= 15 is 0 Å². The summed E-state index contributed by atoms with van der Waals surface area (Å²) < 4.78 is 7.51. The summed E-state index contributed by atoms with van der Waals surface area (Å²) in [5.74, 6) is 1.12. The highest BCUT2D eigenvalue weighted by molar-refractivity contribution is 5.92. The van der Waals surface area contributed by atoms with Crippen molar-refractivity contribution in [2.45, 2.75) is 51.2 Å². The molecule has 2 heterocycles. The number of anilines is 1. The standard InChI is InChI=1S/C20H29N5O2/c1-27-12-11-24-9-10-25-18-8-7-16(13-17(18)23-19(25)14-24)22-20(26)21-15-5-3-2-4-6-15/h7-8,13,15H,2-6,9-12,14H2,1H3,(H2,21,22,26)/p+1. The number of quaternary nitrogens is 1. The van der Waals surface area contributed by atoms with Crippen molar-refractivity contribution < 1.29 is 14.4 Å². The van der Waals surface area contributed by atoms with Crippen LogP contribution >= 0.6 is 0 Å². The summed E-state index contributed by atoms with van der Waals surface area (Å²) in [4.78, 5) is 18.6. The number of ether oxygens (including phenoxy) is 1. The molecule has 0 spiro atoms. The lowest BCUT2D eigenvalue weighted by Crippen LogP contribution is -3.12. The van der Waals surface area contributed by atoms with Crippen LogP contribution in [0, 0.1) is 0 Å². The van der Waals surface area contributed by atoms with Gasteiger partial charge in [0, 0.05) is 18.8 Å². The van der Waals surface area contributed by atoms with Crippen LogP contribution in [0.25, 0.3) is 11.0 Å². The van der Waals surface area contributed by atoms with Gasteiger partial charge in [-0.15, -0.1) is 0 Å². The highest BCUT2D eigenvalue weighted by atomic mass is 16.5. The average molecular weight is 372 g/mol. The molecule has 2 aliphatic rings. The number of fused-ring (bicyclic) bond motifs is 3. The second kappa shape index (κ2) is 8.27. The number of rotatable bonds is 5. The minimum absolute atomic E-state index is 0.111. The number of nitrogens with zero attached hydrogens (tertiary/aromatic N) is 2. The Morgan fingerprint density at radius 3 is 3.00 bits per heavy atom. The Balaban J connectivity index is 1.43. The monoisotopic (exact) mass is 372 g/mol. The van der Waals surface area contributed by atoms with Crippen LogP contribution in [0.2, 0.25) is 0 Å². The first-order valence-electron chi connectivity index (χ1n) is 10.1. The molecule has 0 radical (unpaired) electrons. The van der Waals surface area contributed by atoms with Crippen LogP contribution < -0.4 is 15.5 Å². The van der Waals surface area contributed by atoms with Crippen LogP contribution in [0.15, 0.2) is 18.2 Å². The molecule has 3 N–H and O–H groups in total. The van der Waals surface area contributed by atoms with Gasteiger partial charge >= 0.3 is 6.03 Å². The zero-order chi connectivity index (χ0) is 18.6. The lowest BCUT2D eigenvalue weighted by molar-refractivity contribution is -0.918. The first-order valence-corrected chi connectivity index (χ1v) is 10.1. The fourth-order valence-electron chi connectivity index (χ4n) is 4.28. The van der Waals surface area contributed by atoms with Gasteiger partial charge in [0.1, 0.15) is 13.1 Å². The van der Waals surface area contributed by atoms with E-state index in [1.54, 1.807) is 7.11 Å². The minimum Gasteiger partial charge on any atom is -0.379 e. The van der Waals surface area contributed by atoms with Crippen molar-refractivity contribution in [2.24, 2.45) is 0 Å². The van der Waals surface area contributed by atoms with Crippen LogP contribution in [0.3, 0.4) is 0 Å². The van der Waals surface area contributed by atoms with Crippen LogP contribution in [-0.2, 0) is 17.8 Å². The fraction of sp³-hybridized carbons (Fsp3) is 0.600. The predicted octanol–water partition coefficient (Wildman–Crippen LogP) is 1.54. The quantitative estimate of drug-likeness (QED) is 0.745. The molecule has 1 unspecified atom stereocenters. The van der Waals surface area contributed by atoms with Gasteiger partial charge in [0.15, 0.2) is 5.82 Å². The van der Waals surface area contributed by atoms with Crippen molar-refractivity contribution >= 4 is 22.8 Å². The molecule has 0 saturated heterocycles. The maximum Gasteiger partial charge on any atom is 0.319 e. The summed E-state index contributed by atoms with van der Waals surface area (Å²) in [7, 11) is 1.75. The number of imidazole rings is 1. The van der Waals surface area contributed by atoms with E-state index in [0.717, 1.165) is 68.2 Å². The molecule has 1 atom stereocenters. The fourth-order valence-corrected chi connectivity index (χ4v) is 4.28. The summed E-state index contributed by atoms with van der Waals surface area (Å²) in [5, 5.41) is 6.08. The molecule has 7 nitrogen and oxygen atoms in total. The van der Waals surface area contributed by atoms with Crippen LogP contribution in [-0.4, -0.2) is 48.4 Å². The van der Waals surface area contributed by atoms with E-state index in [9.17, 15) is 4.79 Å². The Labute approximate surface area is 160 Å². The molecule has 2 amide bonds. The Morgan fingerprint density at radius 2 is 2.19 bits per heavy atom. The van der Waals surface area contributed by atoms with E-state index in [1.165, 1.54) is 24.2 Å². The Bertz CT molecular complexity index is 797. The number of hydrogen-bond donors (Lipinski definition) is 3. The number of aromatic nitrogens is 2. The number of nitrogens with one attached hydrogen (secondary N) is 3. The van der Waals surface area contributed by atoms with E-state index in [-0.39, 0.29) is 6.03 Å². The van der Waals surface area contributed by atoms with Gasteiger partial charge in [-0.05, 0) is 31.0 Å². The molecule has 1 saturated carbocycles. The summed E-state index contributed by atoms with van der Waals surface area (Å²) in [6, 6.07) is 6.23. The van der Waals surface area contributed by atoms with Gasteiger partial charge in [-0.1, -0.05) is 19.3 Å². The van der Waals surface area contributed by atoms with Crippen molar-refractivity contribution in [3.05, 3.63) is 24.0 Å². The molecule has 4 rings (SSSR count). The molecule has 2 aromatic rings. The normalized spacial score (nSPS) is 20.4. The van der Waals surface area contributed by atoms with Gasteiger partial charge in [-0.25, -0.2) is 9.78 Å². The van der Waals surface area contributed by atoms with Gasteiger partial charge in [0.25, 0.3) is 0 Å². The molecule has 1 aliphatic heterocycles. The second-order valence-corrected chi connectivity index (χ2v) is 7.74. The number of amides is 2. The van der Waals surface area contributed by atoms with Crippen LogP contribution in [0.1, 0.15) is 37.9 Å². The first-order chi connectivity index (χ1) is 13.2. The molecule has 1 aromatic carbocycles. The molecule has 27 heavy (non-hydrogen) atoms. The number of hydrogen-bond acceptors (Lipinski definition) is 3.